The van der Waals surface area contributed by atoms with E-state index in [1.54, 1.807) is 6.20 Å². The molecule has 1 amide bonds. The van der Waals surface area contributed by atoms with Gasteiger partial charge in [0.25, 0.3) is 5.91 Å². The van der Waals surface area contributed by atoms with E-state index < -0.39 is 23.6 Å². The normalized spacial score (nSPS) is 22.3. The second-order valence-electron chi connectivity index (χ2n) is 12.7. The van der Waals surface area contributed by atoms with Crippen LogP contribution in [0.4, 0.5) is 14.6 Å². The Hall–Kier alpha value is -4.17. The summed E-state index contributed by atoms with van der Waals surface area (Å²) < 4.78 is 36.6. The van der Waals surface area contributed by atoms with Crippen LogP contribution in [-0.2, 0) is 17.6 Å². The molecule has 1 aromatic carbocycles. The standard InChI is InChI=1S/C33H35F2N7O2/c1-20(34)31(43)42-13-12-41(18-23(42)16-36-2)30-26-17-37-28(24-8-4-6-21-14-33(9-10-33)15-25(21)24)27(35)29(26)38-32(39-30)44-19-22-7-5-11-40(22)3/h4,6,8,17,22-23H,1,5,7,9-16,18-19H2,3H3/t22-,23-/m0/s1. The van der Waals surface area contributed by atoms with Gasteiger partial charge in [0.05, 0.1) is 5.39 Å². The number of halogens is 2. The zero-order valence-electron chi connectivity index (χ0n) is 24.9. The van der Waals surface area contributed by atoms with Crippen LogP contribution in [0, 0.1) is 17.8 Å². The Bertz CT molecular complexity index is 1700. The average molecular weight is 600 g/mol. The molecule has 7 rings (SSSR count). The number of likely N-dealkylation sites (tertiary alicyclic amines) is 1. The average Bonchev–Trinajstić information content (AvgIpc) is 3.46. The number of fused-ring (bicyclic) bond motifs is 2. The molecule has 0 N–H and O–H groups in total. The van der Waals surface area contributed by atoms with E-state index in [1.165, 1.54) is 28.9 Å². The number of aromatic nitrogens is 3. The number of hydrogen-bond acceptors (Lipinski definition) is 7. The first-order valence-electron chi connectivity index (χ1n) is 15.3. The molecule has 44 heavy (non-hydrogen) atoms. The number of amides is 1. The molecule has 9 nitrogen and oxygen atoms in total. The molecule has 1 saturated carbocycles. The smallest absolute Gasteiger partial charge is 0.319 e. The van der Waals surface area contributed by atoms with Crippen LogP contribution in [-0.4, -0.2) is 89.1 Å². The Morgan fingerprint density at radius 3 is 2.77 bits per heavy atom. The maximum absolute atomic E-state index is 16.6. The summed E-state index contributed by atoms with van der Waals surface area (Å²) in [7, 11) is 2.06. The minimum Gasteiger partial charge on any atom is -0.462 e. The van der Waals surface area contributed by atoms with Crippen molar-refractivity contribution >= 4 is 22.6 Å². The van der Waals surface area contributed by atoms with Crippen LogP contribution in [0.5, 0.6) is 6.01 Å². The van der Waals surface area contributed by atoms with Crippen molar-refractivity contribution < 1.29 is 18.3 Å². The van der Waals surface area contributed by atoms with Crippen LogP contribution in [0.3, 0.4) is 0 Å². The molecule has 4 heterocycles. The van der Waals surface area contributed by atoms with Gasteiger partial charge in [-0.1, -0.05) is 24.8 Å². The van der Waals surface area contributed by atoms with Gasteiger partial charge >= 0.3 is 6.01 Å². The van der Waals surface area contributed by atoms with Crippen LogP contribution >= 0.6 is 0 Å². The first-order chi connectivity index (χ1) is 21.3. The summed E-state index contributed by atoms with van der Waals surface area (Å²) >= 11 is 0. The lowest BCUT2D eigenvalue weighted by Gasteiger charge is -2.39. The number of carbonyl (C=O) groups is 1. The fraction of sp³-hybridized carbons (Fsp3) is 0.485. The SMILES string of the molecule is [C-]#[N+]C[C@H]1CN(c2nc(OC[C@@H]3CCCN3C)nc3c(F)c(-c4cccc5c4CC4(CC4)C5)ncc23)CCN1C(=O)C(=C)F. The van der Waals surface area contributed by atoms with Gasteiger partial charge in [-0.2, -0.15) is 9.97 Å². The van der Waals surface area contributed by atoms with E-state index in [4.69, 9.17) is 16.3 Å². The number of benzene rings is 1. The van der Waals surface area contributed by atoms with E-state index in [0.717, 1.165) is 37.8 Å². The molecule has 11 heteroatoms. The largest absolute Gasteiger partial charge is 0.462 e. The van der Waals surface area contributed by atoms with E-state index in [-0.39, 0.29) is 42.9 Å². The van der Waals surface area contributed by atoms with Gasteiger partial charge in [-0.25, -0.2) is 15.4 Å². The number of ether oxygens (including phenoxy) is 1. The van der Waals surface area contributed by atoms with Crippen LogP contribution in [0.2, 0.25) is 0 Å². The molecule has 3 fully saturated rings. The number of piperazine rings is 1. The van der Waals surface area contributed by atoms with Crippen molar-refractivity contribution in [2.75, 3.05) is 51.3 Å². The molecular formula is C33H35F2N7O2. The Morgan fingerprint density at radius 1 is 1.20 bits per heavy atom. The molecule has 2 aliphatic heterocycles. The van der Waals surface area contributed by atoms with Gasteiger partial charge < -0.3 is 24.3 Å². The molecule has 4 aliphatic rings. The van der Waals surface area contributed by atoms with Crippen molar-refractivity contribution in [2.24, 2.45) is 5.41 Å². The number of nitrogens with zero attached hydrogens (tertiary/aromatic N) is 7. The molecule has 3 aromatic rings. The van der Waals surface area contributed by atoms with Crippen molar-refractivity contribution in [3.8, 4) is 17.3 Å². The molecule has 0 bridgehead atoms. The number of anilines is 1. The minimum absolute atomic E-state index is 0.0206. The molecule has 2 saturated heterocycles. The maximum Gasteiger partial charge on any atom is 0.319 e. The van der Waals surface area contributed by atoms with Gasteiger partial charge in [-0.15, -0.1) is 0 Å². The van der Waals surface area contributed by atoms with Crippen molar-refractivity contribution in [3.05, 3.63) is 65.2 Å². The van der Waals surface area contributed by atoms with Gasteiger partial charge in [-0.3, -0.25) is 9.78 Å². The highest BCUT2D eigenvalue weighted by molar-refractivity contribution is 5.93. The highest BCUT2D eigenvalue weighted by atomic mass is 19.1. The second-order valence-corrected chi connectivity index (χ2v) is 12.7. The summed E-state index contributed by atoms with van der Waals surface area (Å²) in [4.78, 5) is 35.4. The number of rotatable bonds is 7. The Morgan fingerprint density at radius 2 is 2.05 bits per heavy atom. The molecule has 1 spiro atoms. The lowest BCUT2D eigenvalue weighted by atomic mass is 9.98. The van der Waals surface area contributed by atoms with Crippen molar-refractivity contribution in [1.29, 1.82) is 0 Å². The number of hydrogen-bond donors (Lipinski definition) is 0. The Balaban J connectivity index is 1.29. The molecule has 2 atom stereocenters. The summed E-state index contributed by atoms with van der Waals surface area (Å²) in [6.45, 7) is 12.6. The fourth-order valence-electron chi connectivity index (χ4n) is 7.21. The molecule has 2 aliphatic carbocycles. The third-order valence-electron chi connectivity index (χ3n) is 9.90. The van der Waals surface area contributed by atoms with Crippen molar-refractivity contribution in [2.45, 2.75) is 50.6 Å². The molecule has 0 unspecified atom stereocenters. The predicted octanol–water partition coefficient (Wildman–Crippen LogP) is 4.60. The zero-order valence-corrected chi connectivity index (χ0v) is 24.9. The topological polar surface area (TPSA) is 79.1 Å². The third kappa shape index (κ3) is 5.05. The van der Waals surface area contributed by atoms with E-state index in [1.807, 2.05) is 17.0 Å². The third-order valence-corrected chi connectivity index (χ3v) is 9.90. The molecule has 228 valence electrons. The highest BCUT2D eigenvalue weighted by Gasteiger charge is 2.47. The quantitative estimate of drug-likeness (QED) is 0.290. The van der Waals surface area contributed by atoms with E-state index in [9.17, 15) is 9.18 Å². The number of likely N-dealkylation sites (N-methyl/N-ethyl adjacent to an activating group) is 1. The molecule has 2 aromatic heterocycles. The Labute approximate surface area is 255 Å². The summed E-state index contributed by atoms with van der Waals surface area (Å²) in [6, 6.07) is 5.74. The molecule has 0 radical (unpaired) electrons. The van der Waals surface area contributed by atoms with Crippen LogP contribution in [0.25, 0.3) is 27.0 Å². The summed E-state index contributed by atoms with van der Waals surface area (Å²) in [6.07, 6.45) is 8.06. The zero-order chi connectivity index (χ0) is 30.6. The lowest BCUT2D eigenvalue weighted by Crippen LogP contribution is -2.56. The predicted molar refractivity (Wildman–Crippen MR) is 162 cm³/mol. The van der Waals surface area contributed by atoms with Gasteiger partial charge in [0.15, 0.2) is 11.6 Å². The van der Waals surface area contributed by atoms with Gasteiger partial charge in [0.1, 0.15) is 29.7 Å². The van der Waals surface area contributed by atoms with Crippen LogP contribution in [0.15, 0.2) is 36.8 Å². The summed E-state index contributed by atoms with van der Waals surface area (Å²) in [5, 5.41) is 0.416. The summed E-state index contributed by atoms with van der Waals surface area (Å²) in [5.74, 6) is -2.00. The van der Waals surface area contributed by atoms with Crippen molar-refractivity contribution in [1.82, 2.24) is 24.8 Å². The van der Waals surface area contributed by atoms with E-state index in [2.05, 4.69) is 39.4 Å². The lowest BCUT2D eigenvalue weighted by molar-refractivity contribution is -0.131. The summed E-state index contributed by atoms with van der Waals surface area (Å²) in [5.41, 5.74) is 3.95. The second kappa shape index (κ2) is 11.1. The van der Waals surface area contributed by atoms with Crippen LogP contribution in [0.1, 0.15) is 36.8 Å². The maximum atomic E-state index is 16.6. The van der Waals surface area contributed by atoms with E-state index >= 15 is 4.39 Å². The molecular weight excluding hydrogens is 564 g/mol. The Kier molecular flexibility index (Phi) is 7.20. The monoisotopic (exact) mass is 599 g/mol. The van der Waals surface area contributed by atoms with Gasteiger partial charge in [0.2, 0.25) is 6.54 Å². The highest BCUT2D eigenvalue weighted by Crippen LogP contribution is 2.57. The van der Waals surface area contributed by atoms with Crippen molar-refractivity contribution in [3.63, 3.8) is 0 Å². The first kappa shape index (κ1) is 28.6. The van der Waals surface area contributed by atoms with E-state index in [0.29, 0.717) is 29.8 Å². The van der Waals surface area contributed by atoms with Crippen LogP contribution < -0.4 is 9.64 Å². The fourth-order valence-corrected chi connectivity index (χ4v) is 7.21. The minimum atomic E-state index is -1.06. The number of pyridine rings is 1. The van der Waals surface area contributed by atoms with Gasteiger partial charge in [-0.05, 0) is 68.7 Å². The van der Waals surface area contributed by atoms with Gasteiger partial charge in [0, 0.05) is 37.4 Å². The first-order valence-corrected chi connectivity index (χ1v) is 15.3. The number of carbonyl (C=O) groups excluding carboxylic acids is 1.